The van der Waals surface area contributed by atoms with E-state index in [2.05, 4.69) is 5.10 Å². The topological polar surface area (TPSA) is 82.1 Å². The van der Waals surface area contributed by atoms with Gasteiger partial charge in [-0.1, -0.05) is 48.5 Å². The van der Waals surface area contributed by atoms with Crippen LogP contribution in [0.4, 0.5) is 5.69 Å². The molecular formula is C33H28N4O4. The van der Waals surface area contributed by atoms with E-state index < -0.39 is 0 Å². The summed E-state index contributed by atoms with van der Waals surface area (Å²) in [5.41, 5.74) is 3.59. The molecule has 0 amide bonds. The Morgan fingerprint density at radius 2 is 1.71 bits per heavy atom. The van der Waals surface area contributed by atoms with Gasteiger partial charge in [0.15, 0.2) is 5.76 Å². The minimum absolute atomic E-state index is 0.278. The van der Waals surface area contributed by atoms with E-state index in [0.29, 0.717) is 45.9 Å². The van der Waals surface area contributed by atoms with Crippen molar-refractivity contribution >= 4 is 33.8 Å². The molecule has 0 fully saturated rings. The minimum atomic E-state index is -0.314. The molecule has 2 aromatic heterocycles. The van der Waals surface area contributed by atoms with Crippen LogP contribution >= 0.6 is 0 Å². The molecule has 8 nitrogen and oxygen atoms in total. The fourth-order valence-corrected chi connectivity index (χ4v) is 4.60. The van der Waals surface area contributed by atoms with Gasteiger partial charge in [0.1, 0.15) is 23.7 Å². The normalized spacial score (nSPS) is 11.4. The Kier molecular flexibility index (Phi) is 6.95. The van der Waals surface area contributed by atoms with Gasteiger partial charge >= 0.3 is 0 Å². The highest BCUT2D eigenvalue weighted by molar-refractivity contribution is 5.89. The summed E-state index contributed by atoms with van der Waals surface area (Å²) < 4.78 is 19.1. The number of nitrogens with zero attached hydrogens (tertiary/aromatic N) is 4. The van der Waals surface area contributed by atoms with Gasteiger partial charge in [-0.25, -0.2) is 4.98 Å². The smallest absolute Gasteiger partial charge is 0.282 e. The Morgan fingerprint density at radius 1 is 0.902 bits per heavy atom. The average molecular weight is 545 g/mol. The van der Waals surface area contributed by atoms with Crippen LogP contribution in [0.25, 0.3) is 33.5 Å². The Balaban J connectivity index is 1.47. The van der Waals surface area contributed by atoms with Crippen molar-refractivity contribution in [3.05, 3.63) is 119 Å². The number of furan rings is 1. The van der Waals surface area contributed by atoms with E-state index in [4.69, 9.17) is 18.9 Å². The van der Waals surface area contributed by atoms with Gasteiger partial charge in [-0.2, -0.15) is 9.78 Å². The number of anilines is 1. The molecule has 0 bridgehead atoms. The molecule has 0 aliphatic heterocycles. The number of aromatic nitrogens is 2. The molecule has 4 aromatic carbocycles. The Labute approximate surface area is 236 Å². The first-order valence-electron chi connectivity index (χ1n) is 13.1. The highest BCUT2D eigenvalue weighted by atomic mass is 16.5. The van der Waals surface area contributed by atoms with Crippen LogP contribution in [-0.4, -0.2) is 37.1 Å². The molecule has 0 spiro atoms. The highest BCUT2D eigenvalue weighted by Crippen LogP contribution is 2.33. The number of fused-ring (bicyclic) bond motifs is 2. The lowest BCUT2D eigenvalue weighted by molar-refractivity contribution is 0.306. The molecule has 6 rings (SSSR count). The van der Waals surface area contributed by atoms with E-state index in [1.54, 1.807) is 31.5 Å². The average Bonchev–Trinajstić information content (AvgIpc) is 3.45. The lowest BCUT2D eigenvalue weighted by Gasteiger charge is -2.16. The first kappa shape index (κ1) is 25.9. The second-order valence-corrected chi connectivity index (χ2v) is 9.69. The van der Waals surface area contributed by atoms with Crippen molar-refractivity contribution < 1.29 is 13.9 Å². The van der Waals surface area contributed by atoms with Gasteiger partial charge in [0, 0.05) is 31.4 Å². The summed E-state index contributed by atoms with van der Waals surface area (Å²) in [6.45, 7) is 0.391. The Bertz CT molecular complexity index is 1940. The molecule has 0 unspecified atom stereocenters. The van der Waals surface area contributed by atoms with E-state index >= 15 is 0 Å². The van der Waals surface area contributed by atoms with Crippen molar-refractivity contribution in [1.29, 1.82) is 0 Å². The third-order valence-electron chi connectivity index (χ3n) is 6.78. The fraction of sp³-hybridized carbons (Fsp3) is 0.121. The Morgan fingerprint density at radius 3 is 2.51 bits per heavy atom. The zero-order chi connectivity index (χ0) is 28.3. The predicted octanol–water partition coefficient (Wildman–Crippen LogP) is 6.35. The van der Waals surface area contributed by atoms with Crippen molar-refractivity contribution in [2.24, 2.45) is 5.10 Å². The quantitative estimate of drug-likeness (QED) is 0.208. The van der Waals surface area contributed by atoms with Crippen molar-refractivity contribution in [2.75, 3.05) is 26.1 Å². The molecule has 0 saturated carbocycles. The van der Waals surface area contributed by atoms with Crippen LogP contribution in [0, 0.1) is 0 Å². The summed E-state index contributed by atoms with van der Waals surface area (Å²) in [5, 5.41) is 5.86. The molecule has 0 atom stereocenters. The van der Waals surface area contributed by atoms with Crippen LogP contribution in [-0.2, 0) is 6.61 Å². The van der Waals surface area contributed by atoms with Crippen LogP contribution in [0.5, 0.6) is 11.5 Å². The molecule has 0 aliphatic rings. The van der Waals surface area contributed by atoms with Crippen LogP contribution in [0.3, 0.4) is 0 Å². The summed E-state index contributed by atoms with van der Waals surface area (Å²) >= 11 is 0. The summed E-state index contributed by atoms with van der Waals surface area (Å²) in [5.74, 6) is 1.98. The van der Waals surface area contributed by atoms with Gasteiger partial charge in [0.25, 0.3) is 5.56 Å². The second kappa shape index (κ2) is 11.0. The molecule has 0 aliphatic carbocycles. The van der Waals surface area contributed by atoms with Crippen molar-refractivity contribution in [1.82, 2.24) is 9.66 Å². The number of hydrogen-bond acceptors (Lipinski definition) is 7. The molecule has 2 heterocycles. The maximum absolute atomic E-state index is 13.7. The standard InChI is InChI=1S/C33H28N4O4/c1-36(2)24-17-16-23(30(18-24)40-21-22-10-5-4-6-11-22)20-34-37-32(35-27-13-8-7-12-25(27)33(37)38)31-19-26-28(39-3)14-9-15-29(26)41-31/h4-20H,21H2,1-3H3. The summed E-state index contributed by atoms with van der Waals surface area (Å²) in [7, 11) is 5.55. The van der Waals surface area contributed by atoms with Crippen molar-refractivity contribution in [2.45, 2.75) is 6.61 Å². The number of para-hydroxylation sites is 1. The third kappa shape index (κ3) is 5.15. The molecule has 204 valence electrons. The molecule has 6 aromatic rings. The van der Waals surface area contributed by atoms with Crippen LogP contribution in [0.15, 0.2) is 111 Å². The van der Waals surface area contributed by atoms with Gasteiger partial charge in [-0.15, -0.1) is 0 Å². The minimum Gasteiger partial charge on any atom is -0.496 e. The lowest BCUT2D eigenvalue weighted by Crippen LogP contribution is -2.20. The SMILES string of the molecule is COc1cccc2oc(-c3nc4ccccc4c(=O)n3N=Cc3ccc(N(C)C)cc3OCc3ccccc3)cc12. The summed E-state index contributed by atoms with van der Waals surface area (Å²) in [6.07, 6.45) is 1.62. The predicted molar refractivity (Wildman–Crippen MR) is 162 cm³/mol. The number of ether oxygens (including phenoxy) is 2. The zero-order valence-corrected chi connectivity index (χ0v) is 22.9. The van der Waals surface area contributed by atoms with Gasteiger partial charge in [0.2, 0.25) is 5.82 Å². The Hall–Kier alpha value is -5.37. The molecular weight excluding hydrogens is 516 g/mol. The van der Waals surface area contributed by atoms with Crippen LogP contribution < -0.4 is 19.9 Å². The molecule has 41 heavy (non-hydrogen) atoms. The zero-order valence-electron chi connectivity index (χ0n) is 22.9. The van der Waals surface area contributed by atoms with E-state index in [0.717, 1.165) is 16.6 Å². The second-order valence-electron chi connectivity index (χ2n) is 9.69. The number of rotatable bonds is 8. The van der Waals surface area contributed by atoms with Gasteiger partial charge in [0.05, 0.1) is 29.6 Å². The van der Waals surface area contributed by atoms with Crippen LogP contribution in [0.2, 0.25) is 0 Å². The monoisotopic (exact) mass is 544 g/mol. The first-order valence-corrected chi connectivity index (χ1v) is 13.1. The van der Waals surface area contributed by atoms with Crippen molar-refractivity contribution in [3.63, 3.8) is 0 Å². The fourth-order valence-electron chi connectivity index (χ4n) is 4.60. The van der Waals surface area contributed by atoms with Gasteiger partial charge in [-0.3, -0.25) is 4.79 Å². The third-order valence-corrected chi connectivity index (χ3v) is 6.78. The maximum atomic E-state index is 13.7. The van der Waals surface area contributed by atoms with Crippen molar-refractivity contribution in [3.8, 4) is 23.1 Å². The molecule has 0 radical (unpaired) electrons. The molecule has 0 saturated heterocycles. The first-order chi connectivity index (χ1) is 20.0. The molecule has 0 N–H and O–H groups in total. The number of hydrogen-bond donors (Lipinski definition) is 0. The van der Waals surface area contributed by atoms with E-state index in [1.165, 1.54) is 4.68 Å². The number of benzene rings is 4. The largest absolute Gasteiger partial charge is 0.496 e. The lowest BCUT2D eigenvalue weighted by atomic mass is 10.2. The molecule has 8 heteroatoms. The van der Waals surface area contributed by atoms with E-state index in [9.17, 15) is 4.79 Å². The number of methoxy groups -OCH3 is 1. The van der Waals surface area contributed by atoms with Gasteiger partial charge < -0.3 is 18.8 Å². The van der Waals surface area contributed by atoms with E-state index in [1.807, 2.05) is 97.9 Å². The maximum Gasteiger partial charge on any atom is 0.282 e. The van der Waals surface area contributed by atoms with Gasteiger partial charge in [-0.05, 0) is 48.0 Å². The highest BCUT2D eigenvalue weighted by Gasteiger charge is 2.18. The summed E-state index contributed by atoms with van der Waals surface area (Å²) in [6, 6.07) is 30.4. The van der Waals surface area contributed by atoms with Crippen LogP contribution in [0.1, 0.15) is 11.1 Å². The van der Waals surface area contributed by atoms with E-state index in [-0.39, 0.29) is 11.4 Å². The summed E-state index contributed by atoms with van der Waals surface area (Å²) in [4.78, 5) is 20.5.